The summed E-state index contributed by atoms with van der Waals surface area (Å²) < 4.78 is 4.42. The van der Waals surface area contributed by atoms with Crippen LogP contribution in [0.5, 0.6) is 0 Å². The topological polar surface area (TPSA) is 72.6 Å². The van der Waals surface area contributed by atoms with Crippen molar-refractivity contribution < 1.29 is 14.3 Å². The van der Waals surface area contributed by atoms with Crippen molar-refractivity contribution in [1.82, 2.24) is 4.90 Å². The summed E-state index contributed by atoms with van der Waals surface area (Å²) in [6, 6.07) is 0. The largest absolute Gasteiger partial charge is 0.469 e. The average Bonchev–Trinajstić information content (AvgIpc) is 1.99. The Kier molecular flexibility index (Phi) is 5.03. The van der Waals surface area contributed by atoms with Gasteiger partial charge in [-0.2, -0.15) is 0 Å². The van der Waals surface area contributed by atoms with Crippen molar-refractivity contribution in [3.63, 3.8) is 0 Å². The number of primary amides is 1. The summed E-state index contributed by atoms with van der Waals surface area (Å²) in [5, 5.41) is 0. The summed E-state index contributed by atoms with van der Waals surface area (Å²) in [5.41, 5.74) is 4.94. The molecule has 0 saturated carbocycles. The van der Waals surface area contributed by atoms with Crippen LogP contribution in [-0.2, 0) is 14.3 Å². The number of hydrogen-bond donors (Lipinski definition) is 1. The number of nitrogens with zero attached hydrogens (tertiary/aromatic N) is 1. The van der Waals surface area contributed by atoms with Gasteiger partial charge in [0.1, 0.15) is 0 Å². The van der Waals surface area contributed by atoms with Gasteiger partial charge in [0.05, 0.1) is 20.1 Å². The molecule has 0 aliphatic rings. The van der Waals surface area contributed by atoms with E-state index in [2.05, 4.69) is 4.74 Å². The maximum Gasteiger partial charge on any atom is 0.306 e. The fourth-order valence-electron chi connectivity index (χ4n) is 0.729. The number of nitrogens with two attached hydrogens (primary N) is 1. The summed E-state index contributed by atoms with van der Waals surface area (Å²) in [6.07, 6.45) is 0.278. The summed E-state index contributed by atoms with van der Waals surface area (Å²) >= 11 is 0. The Morgan fingerprint density at radius 1 is 1.50 bits per heavy atom. The fourth-order valence-corrected chi connectivity index (χ4v) is 0.729. The van der Waals surface area contributed by atoms with E-state index < -0.39 is 5.91 Å². The van der Waals surface area contributed by atoms with Crippen LogP contribution in [0.15, 0.2) is 0 Å². The minimum absolute atomic E-state index is 0.164. The lowest BCUT2D eigenvalue weighted by Crippen LogP contribution is -2.32. The molecule has 1 amide bonds. The first-order valence-electron chi connectivity index (χ1n) is 3.60. The highest BCUT2D eigenvalue weighted by atomic mass is 16.5. The first kappa shape index (κ1) is 10.9. The Morgan fingerprint density at radius 3 is 2.50 bits per heavy atom. The van der Waals surface area contributed by atoms with Gasteiger partial charge in [-0.15, -0.1) is 0 Å². The Bertz CT molecular complexity index is 170. The second-order valence-electron chi connectivity index (χ2n) is 2.53. The van der Waals surface area contributed by atoms with Crippen molar-refractivity contribution in [2.24, 2.45) is 5.73 Å². The van der Waals surface area contributed by atoms with Crippen LogP contribution < -0.4 is 5.73 Å². The molecule has 0 rings (SSSR count). The van der Waals surface area contributed by atoms with Gasteiger partial charge in [-0.3, -0.25) is 14.5 Å². The van der Waals surface area contributed by atoms with Crippen LogP contribution in [0.2, 0.25) is 0 Å². The first-order valence-corrected chi connectivity index (χ1v) is 3.60. The normalized spacial score (nSPS) is 9.92. The van der Waals surface area contributed by atoms with E-state index in [0.717, 1.165) is 0 Å². The zero-order valence-electron chi connectivity index (χ0n) is 7.37. The zero-order chi connectivity index (χ0) is 9.56. The number of esters is 1. The van der Waals surface area contributed by atoms with Gasteiger partial charge in [-0.1, -0.05) is 0 Å². The lowest BCUT2D eigenvalue weighted by Gasteiger charge is -2.12. The summed E-state index contributed by atoms with van der Waals surface area (Å²) in [4.78, 5) is 22.7. The molecule has 0 saturated heterocycles. The smallest absolute Gasteiger partial charge is 0.306 e. The maximum absolute atomic E-state index is 10.6. The maximum atomic E-state index is 10.6. The molecule has 0 aliphatic heterocycles. The van der Waals surface area contributed by atoms with Gasteiger partial charge in [-0.25, -0.2) is 0 Å². The van der Waals surface area contributed by atoms with Crippen LogP contribution in [0, 0.1) is 0 Å². The third-order valence-electron chi connectivity index (χ3n) is 1.35. The number of hydrogen-bond acceptors (Lipinski definition) is 4. The van der Waals surface area contributed by atoms with E-state index in [4.69, 9.17) is 5.73 Å². The molecule has 0 aliphatic carbocycles. The molecule has 5 heteroatoms. The predicted molar refractivity (Wildman–Crippen MR) is 43.3 cm³/mol. The molecule has 0 bridgehead atoms. The number of carbonyl (C=O) groups is 2. The molecule has 0 aromatic heterocycles. The lowest BCUT2D eigenvalue weighted by atomic mass is 10.4. The number of ether oxygens (including phenoxy) is 1. The quantitative estimate of drug-likeness (QED) is 0.541. The highest BCUT2D eigenvalue weighted by Crippen LogP contribution is 1.88. The standard InChI is InChI=1S/C7H14N2O3/c1-9(5-6(8)10)4-3-7(11)12-2/h3-5H2,1-2H3,(H2,8,10). The van der Waals surface area contributed by atoms with E-state index >= 15 is 0 Å². The monoisotopic (exact) mass is 174 g/mol. The van der Waals surface area contributed by atoms with Crippen LogP contribution in [0.1, 0.15) is 6.42 Å². The van der Waals surface area contributed by atoms with Crippen molar-refractivity contribution in [2.45, 2.75) is 6.42 Å². The van der Waals surface area contributed by atoms with E-state index in [1.165, 1.54) is 7.11 Å². The molecule has 12 heavy (non-hydrogen) atoms. The van der Waals surface area contributed by atoms with Crippen LogP contribution in [-0.4, -0.2) is 44.0 Å². The highest BCUT2D eigenvalue weighted by molar-refractivity contribution is 5.76. The number of amides is 1. The second kappa shape index (κ2) is 5.54. The van der Waals surface area contributed by atoms with Crippen molar-refractivity contribution in [3.05, 3.63) is 0 Å². The molecule has 0 radical (unpaired) electrons. The number of likely N-dealkylation sites (N-methyl/N-ethyl adjacent to an activating group) is 1. The highest BCUT2D eigenvalue weighted by Gasteiger charge is 2.05. The van der Waals surface area contributed by atoms with Crippen molar-refractivity contribution >= 4 is 11.9 Å². The third kappa shape index (κ3) is 5.67. The van der Waals surface area contributed by atoms with Crippen molar-refractivity contribution in [3.8, 4) is 0 Å². The third-order valence-corrected chi connectivity index (χ3v) is 1.35. The molecule has 0 spiro atoms. The Hall–Kier alpha value is -1.10. The van der Waals surface area contributed by atoms with E-state index in [1.807, 2.05) is 0 Å². The molecule has 0 atom stereocenters. The molecule has 0 aromatic carbocycles. The summed E-state index contributed by atoms with van der Waals surface area (Å²) in [5.74, 6) is -0.686. The first-order chi connectivity index (χ1) is 5.56. The van der Waals surface area contributed by atoms with Gasteiger partial charge in [0.2, 0.25) is 5.91 Å². The molecule has 2 N–H and O–H groups in total. The Labute approximate surface area is 71.5 Å². The summed E-state index contributed by atoms with van der Waals surface area (Å²) in [7, 11) is 3.05. The number of methoxy groups -OCH3 is 1. The molecule has 70 valence electrons. The SMILES string of the molecule is COC(=O)CCN(C)CC(N)=O. The summed E-state index contributed by atoms with van der Waals surface area (Å²) in [6.45, 7) is 0.645. The zero-order valence-corrected chi connectivity index (χ0v) is 7.37. The van der Waals surface area contributed by atoms with Crippen molar-refractivity contribution in [1.29, 1.82) is 0 Å². The number of rotatable bonds is 5. The fraction of sp³-hybridized carbons (Fsp3) is 0.714. The molecular weight excluding hydrogens is 160 g/mol. The lowest BCUT2D eigenvalue weighted by molar-refractivity contribution is -0.141. The minimum atomic E-state index is -0.401. The van der Waals surface area contributed by atoms with Gasteiger partial charge in [0.15, 0.2) is 0 Å². The Balaban J connectivity index is 3.50. The molecule has 0 unspecified atom stereocenters. The van der Waals surface area contributed by atoms with Gasteiger partial charge in [0.25, 0.3) is 0 Å². The average molecular weight is 174 g/mol. The molecule has 0 aromatic rings. The van der Waals surface area contributed by atoms with Crippen LogP contribution >= 0.6 is 0 Å². The molecule has 0 fully saturated rings. The van der Waals surface area contributed by atoms with E-state index in [9.17, 15) is 9.59 Å². The van der Waals surface area contributed by atoms with E-state index in [0.29, 0.717) is 6.54 Å². The molecular formula is C7H14N2O3. The predicted octanol–water partition coefficient (Wildman–Crippen LogP) is -1.03. The van der Waals surface area contributed by atoms with E-state index in [-0.39, 0.29) is 18.9 Å². The number of carbonyl (C=O) groups excluding carboxylic acids is 2. The van der Waals surface area contributed by atoms with E-state index in [1.54, 1.807) is 11.9 Å². The van der Waals surface area contributed by atoms with Crippen LogP contribution in [0.4, 0.5) is 0 Å². The molecule has 0 heterocycles. The Morgan fingerprint density at radius 2 is 2.08 bits per heavy atom. The van der Waals surface area contributed by atoms with Crippen LogP contribution in [0.3, 0.4) is 0 Å². The van der Waals surface area contributed by atoms with Gasteiger partial charge >= 0.3 is 5.97 Å². The minimum Gasteiger partial charge on any atom is -0.469 e. The van der Waals surface area contributed by atoms with Crippen molar-refractivity contribution in [2.75, 3.05) is 27.2 Å². The second-order valence-corrected chi connectivity index (χ2v) is 2.53. The van der Waals surface area contributed by atoms with Gasteiger partial charge in [0, 0.05) is 6.54 Å². The van der Waals surface area contributed by atoms with Crippen LogP contribution in [0.25, 0.3) is 0 Å². The van der Waals surface area contributed by atoms with Gasteiger partial charge in [-0.05, 0) is 7.05 Å². The molecule has 5 nitrogen and oxygen atoms in total. The van der Waals surface area contributed by atoms with Gasteiger partial charge < -0.3 is 10.5 Å².